The molecule has 0 aliphatic carbocycles. The first-order chi connectivity index (χ1) is 7.36. The third-order valence-corrected chi connectivity index (χ3v) is 3.11. The van der Waals surface area contributed by atoms with Crippen molar-refractivity contribution in [3.05, 3.63) is 29.9 Å². The van der Waals surface area contributed by atoms with Crippen molar-refractivity contribution in [1.29, 1.82) is 0 Å². The molecule has 0 unspecified atom stereocenters. The predicted molar refractivity (Wildman–Crippen MR) is 61.6 cm³/mol. The van der Waals surface area contributed by atoms with Gasteiger partial charge in [0.1, 0.15) is 5.82 Å². The van der Waals surface area contributed by atoms with E-state index in [1.807, 2.05) is 23.7 Å². The van der Waals surface area contributed by atoms with Gasteiger partial charge in [-0.25, -0.2) is 4.98 Å². The smallest absolute Gasteiger partial charge is 0.126 e. The first-order valence-corrected chi connectivity index (χ1v) is 5.35. The molecule has 0 amide bonds. The van der Waals surface area contributed by atoms with Gasteiger partial charge in [0, 0.05) is 11.1 Å². The summed E-state index contributed by atoms with van der Waals surface area (Å²) < 4.78 is 1.16. The van der Waals surface area contributed by atoms with Gasteiger partial charge < -0.3 is 5.73 Å². The van der Waals surface area contributed by atoms with Crippen LogP contribution in [-0.2, 0) is 0 Å². The van der Waals surface area contributed by atoms with Crippen LogP contribution in [0, 0.1) is 0 Å². The van der Waals surface area contributed by atoms with Crippen molar-refractivity contribution in [2.45, 2.75) is 0 Å². The molecule has 1 aromatic carbocycles. The lowest BCUT2D eigenvalue weighted by Gasteiger charge is -1.99. The number of benzene rings is 1. The average molecular weight is 216 g/mol. The quantitative estimate of drug-likeness (QED) is 0.655. The van der Waals surface area contributed by atoms with E-state index in [0.717, 1.165) is 21.3 Å². The summed E-state index contributed by atoms with van der Waals surface area (Å²) in [6.45, 7) is 0. The highest BCUT2D eigenvalue weighted by Gasteiger charge is 2.09. The van der Waals surface area contributed by atoms with E-state index >= 15 is 0 Å². The second-order valence-corrected chi connectivity index (χ2v) is 4.09. The van der Waals surface area contributed by atoms with Crippen molar-refractivity contribution in [3.8, 4) is 11.1 Å². The second kappa shape index (κ2) is 3.06. The zero-order valence-corrected chi connectivity index (χ0v) is 8.58. The first-order valence-electron chi connectivity index (χ1n) is 4.47. The van der Waals surface area contributed by atoms with Crippen LogP contribution in [0.1, 0.15) is 0 Å². The minimum Gasteiger partial charge on any atom is -0.384 e. The fourth-order valence-corrected chi connectivity index (χ4v) is 2.32. The SMILES string of the molecule is Nc1[nH]ncc1-c1cccc2scnc12. The molecule has 0 atom stereocenters. The minimum absolute atomic E-state index is 0.579. The molecule has 0 radical (unpaired) electrons. The number of aromatic amines is 1. The summed E-state index contributed by atoms with van der Waals surface area (Å²) in [5.74, 6) is 0.579. The summed E-state index contributed by atoms with van der Waals surface area (Å²) in [5, 5.41) is 6.64. The lowest BCUT2D eigenvalue weighted by Crippen LogP contribution is -1.88. The number of fused-ring (bicyclic) bond motifs is 1. The van der Waals surface area contributed by atoms with E-state index in [2.05, 4.69) is 15.2 Å². The number of nitrogens with one attached hydrogen (secondary N) is 1. The Balaban J connectivity index is 2.36. The number of hydrogen-bond donors (Lipinski definition) is 2. The fraction of sp³-hybridized carbons (Fsp3) is 0. The van der Waals surface area contributed by atoms with Crippen molar-refractivity contribution in [3.63, 3.8) is 0 Å². The molecular weight excluding hydrogens is 208 g/mol. The molecule has 0 aliphatic rings. The molecule has 0 bridgehead atoms. The Morgan fingerprint density at radius 2 is 2.20 bits per heavy atom. The van der Waals surface area contributed by atoms with Gasteiger partial charge in [-0.1, -0.05) is 12.1 Å². The van der Waals surface area contributed by atoms with E-state index in [1.54, 1.807) is 17.5 Å². The molecule has 2 aromatic heterocycles. The molecule has 0 spiro atoms. The maximum Gasteiger partial charge on any atom is 0.126 e. The Bertz CT molecular complexity index is 610. The molecule has 74 valence electrons. The standard InChI is InChI=1S/C10H8N4S/c11-10-7(4-13-14-10)6-2-1-3-8-9(6)12-5-15-8/h1-5H,(H3,11,13,14). The summed E-state index contributed by atoms with van der Waals surface area (Å²) in [7, 11) is 0. The summed E-state index contributed by atoms with van der Waals surface area (Å²) in [5.41, 5.74) is 10.5. The molecule has 0 saturated heterocycles. The van der Waals surface area contributed by atoms with Crippen LogP contribution in [0.3, 0.4) is 0 Å². The molecule has 0 saturated carbocycles. The molecule has 4 nitrogen and oxygen atoms in total. The van der Waals surface area contributed by atoms with Crippen LogP contribution in [0.5, 0.6) is 0 Å². The number of para-hydroxylation sites is 1. The van der Waals surface area contributed by atoms with E-state index in [1.165, 1.54) is 0 Å². The first kappa shape index (κ1) is 8.43. The number of nitrogens with two attached hydrogens (primary N) is 1. The predicted octanol–water partition coefficient (Wildman–Crippen LogP) is 2.27. The Morgan fingerprint density at radius 1 is 1.27 bits per heavy atom. The second-order valence-electron chi connectivity index (χ2n) is 3.20. The number of H-pyrrole nitrogens is 1. The Hall–Kier alpha value is -1.88. The van der Waals surface area contributed by atoms with E-state index in [0.29, 0.717) is 5.82 Å². The third-order valence-electron chi connectivity index (χ3n) is 2.32. The topological polar surface area (TPSA) is 67.6 Å². The van der Waals surface area contributed by atoms with E-state index in [9.17, 15) is 0 Å². The lowest BCUT2D eigenvalue weighted by molar-refractivity contribution is 1.10. The maximum atomic E-state index is 5.79. The summed E-state index contributed by atoms with van der Waals surface area (Å²) in [6.07, 6.45) is 1.73. The van der Waals surface area contributed by atoms with Crippen LogP contribution in [0.25, 0.3) is 21.3 Å². The fourth-order valence-electron chi connectivity index (χ4n) is 1.61. The van der Waals surface area contributed by atoms with Crippen LogP contribution < -0.4 is 5.73 Å². The number of hydrogen-bond acceptors (Lipinski definition) is 4. The highest BCUT2D eigenvalue weighted by Crippen LogP contribution is 2.31. The third kappa shape index (κ3) is 1.20. The van der Waals surface area contributed by atoms with Gasteiger partial charge in [-0.2, -0.15) is 5.10 Å². The lowest BCUT2D eigenvalue weighted by atomic mass is 10.1. The molecule has 3 aromatic rings. The average Bonchev–Trinajstić information content (AvgIpc) is 2.85. The van der Waals surface area contributed by atoms with Crippen molar-refractivity contribution >= 4 is 27.4 Å². The van der Waals surface area contributed by atoms with E-state index < -0.39 is 0 Å². The number of nitrogens with zero attached hydrogens (tertiary/aromatic N) is 2. The van der Waals surface area contributed by atoms with Crippen molar-refractivity contribution in [2.75, 3.05) is 5.73 Å². The van der Waals surface area contributed by atoms with Crippen LogP contribution >= 0.6 is 11.3 Å². The minimum atomic E-state index is 0.579. The zero-order chi connectivity index (χ0) is 10.3. The Labute approximate surface area is 89.8 Å². The van der Waals surface area contributed by atoms with Crippen molar-refractivity contribution in [2.24, 2.45) is 0 Å². The highest BCUT2D eigenvalue weighted by molar-refractivity contribution is 7.16. The van der Waals surface area contributed by atoms with Crippen LogP contribution in [0.15, 0.2) is 29.9 Å². The van der Waals surface area contributed by atoms with Gasteiger partial charge in [0.05, 0.1) is 21.9 Å². The Morgan fingerprint density at radius 3 is 3.00 bits per heavy atom. The number of nitrogen functional groups attached to an aromatic ring is 1. The monoisotopic (exact) mass is 216 g/mol. The number of rotatable bonds is 1. The van der Waals surface area contributed by atoms with Gasteiger partial charge >= 0.3 is 0 Å². The summed E-state index contributed by atoms with van der Waals surface area (Å²) in [4.78, 5) is 4.34. The normalized spacial score (nSPS) is 10.9. The van der Waals surface area contributed by atoms with Crippen LogP contribution in [0.4, 0.5) is 5.82 Å². The molecule has 3 rings (SSSR count). The molecule has 0 fully saturated rings. The summed E-state index contributed by atoms with van der Waals surface area (Å²) >= 11 is 1.62. The van der Waals surface area contributed by atoms with Crippen molar-refractivity contribution in [1.82, 2.24) is 15.2 Å². The summed E-state index contributed by atoms with van der Waals surface area (Å²) in [6, 6.07) is 6.05. The molecule has 5 heteroatoms. The molecular formula is C10H8N4S. The molecule has 2 heterocycles. The van der Waals surface area contributed by atoms with E-state index in [4.69, 9.17) is 5.73 Å². The van der Waals surface area contributed by atoms with Gasteiger partial charge in [-0.15, -0.1) is 11.3 Å². The van der Waals surface area contributed by atoms with Gasteiger partial charge in [-0.3, -0.25) is 5.10 Å². The number of aromatic nitrogens is 3. The highest BCUT2D eigenvalue weighted by atomic mass is 32.1. The zero-order valence-electron chi connectivity index (χ0n) is 7.77. The van der Waals surface area contributed by atoms with Crippen LogP contribution in [-0.4, -0.2) is 15.2 Å². The van der Waals surface area contributed by atoms with Gasteiger partial charge in [0.25, 0.3) is 0 Å². The maximum absolute atomic E-state index is 5.79. The number of thiazole rings is 1. The number of anilines is 1. The molecule has 15 heavy (non-hydrogen) atoms. The van der Waals surface area contributed by atoms with Gasteiger partial charge in [0.15, 0.2) is 0 Å². The Kier molecular flexibility index (Phi) is 1.72. The van der Waals surface area contributed by atoms with Gasteiger partial charge in [0.2, 0.25) is 0 Å². The molecule has 3 N–H and O–H groups in total. The molecule has 0 aliphatic heterocycles. The van der Waals surface area contributed by atoms with E-state index in [-0.39, 0.29) is 0 Å². The van der Waals surface area contributed by atoms with Gasteiger partial charge in [-0.05, 0) is 6.07 Å². The largest absolute Gasteiger partial charge is 0.384 e. The van der Waals surface area contributed by atoms with Crippen LogP contribution in [0.2, 0.25) is 0 Å². The van der Waals surface area contributed by atoms with Crippen molar-refractivity contribution < 1.29 is 0 Å².